The van der Waals surface area contributed by atoms with E-state index in [1.165, 1.54) is 12.8 Å². The van der Waals surface area contributed by atoms with Crippen molar-refractivity contribution in [2.24, 2.45) is 5.73 Å². The average molecular weight is 225 g/mol. The molecule has 1 amide bonds. The van der Waals surface area contributed by atoms with Crippen LogP contribution in [0.5, 0.6) is 0 Å². The fourth-order valence-corrected chi connectivity index (χ4v) is 2.42. The summed E-state index contributed by atoms with van der Waals surface area (Å²) in [5.41, 5.74) is 5.86. The van der Waals surface area contributed by atoms with Gasteiger partial charge in [0.15, 0.2) is 0 Å². The lowest BCUT2D eigenvalue weighted by atomic mass is 10.1. The van der Waals surface area contributed by atoms with Gasteiger partial charge in [0.25, 0.3) is 0 Å². The van der Waals surface area contributed by atoms with Gasteiger partial charge in [0.05, 0.1) is 6.04 Å². The van der Waals surface area contributed by atoms with E-state index >= 15 is 0 Å². The maximum absolute atomic E-state index is 12.0. The quantitative estimate of drug-likeness (QED) is 0.754. The average Bonchev–Trinajstić information content (AvgIpc) is 3.12. The Morgan fingerprint density at radius 1 is 1.31 bits per heavy atom. The van der Waals surface area contributed by atoms with Gasteiger partial charge in [-0.1, -0.05) is 13.3 Å². The van der Waals surface area contributed by atoms with Crippen LogP contribution in [0.1, 0.15) is 32.6 Å². The first kappa shape index (κ1) is 11.9. The number of hydrogen-bond acceptors (Lipinski definition) is 3. The SMILES string of the molecule is CCC[C@@H](N)C(=O)N1CCN(C2CC2)CC1. The molecule has 92 valence electrons. The van der Waals surface area contributed by atoms with Gasteiger partial charge in [0.2, 0.25) is 5.91 Å². The molecule has 4 heteroatoms. The van der Waals surface area contributed by atoms with E-state index in [0.29, 0.717) is 0 Å². The second-order valence-electron chi connectivity index (χ2n) is 4.99. The zero-order valence-corrected chi connectivity index (χ0v) is 10.2. The van der Waals surface area contributed by atoms with Gasteiger partial charge >= 0.3 is 0 Å². The zero-order chi connectivity index (χ0) is 11.5. The molecule has 0 radical (unpaired) electrons. The molecule has 1 atom stereocenters. The van der Waals surface area contributed by atoms with Crippen LogP contribution >= 0.6 is 0 Å². The van der Waals surface area contributed by atoms with Crippen molar-refractivity contribution in [3.8, 4) is 0 Å². The summed E-state index contributed by atoms with van der Waals surface area (Å²) < 4.78 is 0. The van der Waals surface area contributed by atoms with Gasteiger partial charge in [-0.2, -0.15) is 0 Å². The Morgan fingerprint density at radius 3 is 2.44 bits per heavy atom. The van der Waals surface area contributed by atoms with Crippen LogP contribution in [0.15, 0.2) is 0 Å². The van der Waals surface area contributed by atoms with Gasteiger partial charge in [-0.05, 0) is 19.3 Å². The maximum atomic E-state index is 12.0. The van der Waals surface area contributed by atoms with Crippen LogP contribution in [-0.2, 0) is 4.79 Å². The molecule has 1 aliphatic heterocycles. The van der Waals surface area contributed by atoms with Crippen molar-refractivity contribution in [3.05, 3.63) is 0 Å². The maximum Gasteiger partial charge on any atom is 0.239 e. The molecule has 2 N–H and O–H groups in total. The molecule has 0 spiro atoms. The highest BCUT2D eigenvalue weighted by Gasteiger charge is 2.32. The topological polar surface area (TPSA) is 49.6 Å². The van der Waals surface area contributed by atoms with Crippen molar-refractivity contribution in [3.63, 3.8) is 0 Å². The van der Waals surface area contributed by atoms with Crippen LogP contribution in [-0.4, -0.2) is 54.0 Å². The largest absolute Gasteiger partial charge is 0.339 e. The molecule has 0 aromatic heterocycles. The Morgan fingerprint density at radius 2 is 1.94 bits per heavy atom. The molecule has 0 bridgehead atoms. The molecule has 0 aromatic carbocycles. The Balaban J connectivity index is 1.76. The molecule has 1 heterocycles. The van der Waals surface area contributed by atoms with Crippen LogP contribution in [0.25, 0.3) is 0 Å². The molecule has 4 nitrogen and oxygen atoms in total. The van der Waals surface area contributed by atoms with Crippen molar-refractivity contribution >= 4 is 5.91 Å². The minimum atomic E-state index is -0.280. The summed E-state index contributed by atoms with van der Waals surface area (Å²) in [6, 6.07) is 0.541. The van der Waals surface area contributed by atoms with E-state index in [2.05, 4.69) is 11.8 Å². The van der Waals surface area contributed by atoms with Crippen LogP contribution in [0, 0.1) is 0 Å². The van der Waals surface area contributed by atoms with E-state index < -0.39 is 0 Å². The van der Waals surface area contributed by atoms with Crippen molar-refractivity contribution in [1.82, 2.24) is 9.80 Å². The molecule has 2 aliphatic rings. The molecule has 1 saturated heterocycles. The van der Waals surface area contributed by atoms with Crippen LogP contribution < -0.4 is 5.73 Å². The van der Waals surface area contributed by atoms with Gasteiger partial charge in [-0.25, -0.2) is 0 Å². The summed E-state index contributed by atoms with van der Waals surface area (Å²) in [6.45, 7) is 5.88. The summed E-state index contributed by atoms with van der Waals surface area (Å²) in [6.07, 6.45) is 4.49. The highest BCUT2D eigenvalue weighted by molar-refractivity contribution is 5.81. The second kappa shape index (κ2) is 5.15. The first-order chi connectivity index (χ1) is 7.72. The molecule has 1 aliphatic carbocycles. The second-order valence-corrected chi connectivity index (χ2v) is 4.99. The van der Waals surface area contributed by atoms with E-state index in [0.717, 1.165) is 45.1 Å². The molecule has 0 unspecified atom stereocenters. The zero-order valence-electron chi connectivity index (χ0n) is 10.2. The third-order valence-corrected chi connectivity index (χ3v) is 3.61. The lowest BCUT2D eigenvalue weighted by Crippen LogP contribution is -2.53. The normalized spacial score (nSPS) is 24.5. The third kappa shape index (κ3) is 2.74. The molecule has 2 fully saturated rings. The minimum absolute atomic E-state index is 0.150. The summed E-state index contributed by atoms with van der Waals surface area (Å²) >= 11 is 0. The monoisotopic (exact) mass is 225 g/mol. The summed E-state index contributed by atoms with van der Waals surface area (Å²) in [4.78, 5) is 16.4. The van der Waals surface area contributed by atoms with Gasteiger partial charge in [-0.3, -0.25) is 9.69 Å². The number of nitrogens with zero attached hydrogens (tertiary/aromatic N) is 2. The van der Waals surface area contributed by atoms with E-state index in [4.69, 9.17) is 5.73 Å². The molecule has 0 aromatic rings. The standard InChI is InChI=1S/C12H23N3O/c1-2-3-11(13)12(16)15-8-6-14(7-9-15)10-4-5-10/h10-11H,2-9,13H2,1H3/t11-/m1/s1. The lowest BCUT2D eigenvalue weighted by molar-refractivity contribution is -0.134. The lowest BCUT2D eigenvalue weighted by Gasteiger charge is -2.36. The van der Waals surface area contributed by atoms with Crippen LogP contribution in [0.2, 0.25) is 0 Å². The van der Waals surface area contributed by atoms with E-state index in [-0.39, 0.29) is 11.9 Å². The molecular weight excluding hydrogens is 202 g/mol. The number of rotatable bonds is 4. The predicted octanol–water partition coefficient (Wildman–Crippen LogP) is 0.420. The van der Waals surface area contributed by atoms with Gasteiger partial charge in [0.1, 0.15) is 0 Å². The van der Waals surface area contributed by atoms with Gasteiger partial charge < -0.3 is 10.6 Å². The number of nitrogens with two attached hydrogens (primary N) is 1. The fraction of sp³-hybridized carbons (Fsp3) is 0.917. The highest BCUT2D eigenvalue weighted by Crippen LogP contribution is 2.27. The molecule has 16 heavy (non-hydrogen) atoms. The summed E-state index contributed by atoms with van der Waals surface area (Å²) in [5.74, 6) is 0.150. The number of amides is 1. The predicted molar refractivity (Wildman–Crippen MR) is 64.1 cm³/mol. The first-order valence-electron chi connectivity index (χ1n) is 6.50. The Labute approximate surface area is 97.8 Å². The Bertz CT molecular complexity index is 245. The molecular formula is C12H23N3O. The molecule has 2 rings (SSSR count). The number of piperazine rings is 1. The fourth-order valence-electron chi connectivity index (χ4n) is 2.42. The number of carbonyl (C=O) groups is 1. The smallest absolute Gasteiger partial charge is 0.239 e. The van der Waals surface area contributed by atoms with Crippen LogP contribution in [0.3, 0.4) is 0 Å². The minimum Gasteiger partial charge on any atom is -0.339 e. The van der Waals surface area contributed by atoms with Crippen molar-refractivity contribution in [1.29, 1.82) is 0 Å². The van der Waals surface area contributed by atoms with Crippen molar-refractivity contribution < 1.29 is 4.79 Å². The number of carbonyl (C=O) groups excluding carboxylic acids is 1. The van der Waals surface area contributed by atoms with Crippen LogP contribution in [0.4, 0.5) is 0 Å². The third-order valence-electron chi connectivity index (χ3n) is 3.61. The highest BCUT2D eigenvalue weighted by atomic mass is 16.2. The van der Waals surface area contributed by atoms with Gasteiger partial charge in [0, 0.05) is 32.2 Å². The van der Waals surface area contributed by atoms with Gasteiger partial charge in [-0.15, -0.1) is 0 Å². The molecule has 1 saturated carbocycles. The summed E-state index contributed by atoms with van der Waals surface area (Å²) in [5, 5.41) is 0. The Kier molecular flexibility index (Phi) is 3.82. The van der Waals surface area contributed by atoms with E-state index in [1.807, 2.05) is 4.90 Å². The van der Waals surface area contributed by atoms with Crippen molar-refractivity contribution in [2.45, 2.75) is 44.7 Å². The first-order valence-corrected chi connectivity index (χ1v) is 6.50. The van der Waals surface area contributed by atoms with E-state index in [9.17, 15) is 4.79 Å². The number of hydrogen-bond donors (Lipinski definition) is 1. The Hall–Kier alpha value is -0.610. The summed E-state index contributed by atoms with van der Waals surface area (Å²) in [7, 11) is 0. The van der Waals surface area contributed by atoms with E-state index in [1.54, 1.807) is 0 Å². The van der Waals surface area contributed by atoms with Crippen molar-refractivity contribution in [2.75, 3.05) is 26.2 Å².